The molecule has 1 heterocycles. The molecule has 0 amide bonds. The largest absolute Gasteiger partial charge is 0.454 e. The van der Waals surface area contributed by atoms with Crippen LogP contribution in [0.2, 0.25) is 0 Å². The Morgan fingerprint density at radius 2 is 1.60 bits per heavy atom. The highest BCUT2D eigenvalue weighted by molar-refractivity contribution is 7.81. The summed E-state index contributed by atoms with van der Waals surface area (Å²) in [5.41, 5.74) is 5.97. The SMILES string of the molecule is Fc1ccc(NC(=S)NNC(=S)Nc2ccc3c(c2)OCO3)c(F)c1. The van der Waals surface area contributed by atoms with Crippen molar-refractivity contribution in [1.82, 2.24) is 10.9 Å². The summed E-state index contributed by atoms with van der Waals surface area (Å²) in [4.78, 5) is 0. The van der Waals surface area contributed by atoms with Crippen molar-refractivity contribution >= 4 is 46.0 Å². The van der Waals surface area contributed by atoms with Crippen molar-refractivity contribution in [3.8, 4) is 11.5 Å². The van der Waals surface area contributed by atoms with Crippen LogP contribution in [0.3, 0.4) is 0 Å². The number of thiocarbonyl (C=S) groups is 2. The zero-order chi connectivity index (χ0) is 17.8. The van der Waals surface area contributed by atoms with Crippen molar-refractivity contribution in [3.05, 3.63) is 48.0 Å². The van der Waals surface area contributed by atoms with Gasteiger partial charge in [-0.15, -0.1) is 0 Å². The highest BCUT2D eigenvalue weighted by atomic mass is 32.1. The fraction of sp³-hybridized carbons (Fsp3) is 0.0667. The van der Waals surface area contributed by atoms with Gasteiger partial charge in [-0.05, 0) is 48.7 Å². The van der Waals surface area contributed by atoms with Gasteiger partial charge in [0.2, 0.25) is 6.79 Å². The van der Waals surface area contributed by atoms with Gasteiger partial charge in [-0.3, -0.25) is 10.9 Å². The highest BCUT2D eigenvalue weighted by Crippen LogP contribution is 2.34. The number of anilines is 2. The van der Waals surface area contributed by atoms with Crippen LogP contribution in [0.15, 0.2) is 36.4 Å². The molecule has 2 aromatic rings. The lowest BCUT2D eigenvalue weighted by Gasteiger charge is -2.14. The van der Waals surface area contributed by atoms with Crippen LogP contribution in [-0.2, 0) is 0 Å². The summed E-state index contributed by atoms with van der Waals surface area (Å²) in [6, 6.07) is 8.37. The zero-order valence-electron chi connectivity index (χ0n) is 12.6. The molecule has 0 bridgehead atoms. The quantitative estimate of drug-likeness (QED) is 0.467. The maximum atomic E-state index is 13.5. The van der Waals surface area contributed by atoms with Crippen molar-refractivity contribution in [2.75, 3.05) is 17.4 Å². The van der Waals surface area contributed by atoms with Crippen molar-refractivity contribution in [1.29, 1.82) is 0 Å². The van der Waals surface area contributed by atoms with Crippen LogP contribution >= 0.6 is 24.4 Å². The molecule has 0 fully saturated rings. The van der Waals surface area contributed by atoms with E-state index >= 15 is 0 Å². The Morgan fingerprint density at radius 1 is 0.880 bits per heavy atom. The number of fused-ring (bicyclic) bond motifs is 1. The molecule has 10 heteroatoms. The van der Waals surface area contributed by atoms with E-state index in [2.05, 4.69) is 21.5 Å². The van der Waals surface area contributed by atoms with Crippen LogP contribution in [0.4, 0.5) is 20.2 Å². The molecule has 0 saturated heterocycles. The van der Waals surface area contributed by atoms with E-state index in [-0.39, 0.29) is 22.7 Å². The monoisotopic (exact) mass is 382 g/mol. The second kappa shape index (κ2) is 7.45. The Balaban J connectivity index is 1.49. The molecule has 0 aliphatic carbocycles. The summed E-state index contributed by atoms with van der Waals surface area (Å²) < 4.78 is 36.9. The number of ether oxygens (including phenoxy) is 2. The van der Waals surface area contributed by atoms with Crippen LogP contribution in [0.1, 0.15) is 0 Å². The standard InChI is InChI=1S/C15H12F2N4O2S2/c16-8-1-3-11(10(17)5-8)19-15(25)21-20-14(24)18-9-2-4-12-13(6-9)23-7-22-12/h1-6H,7H2,(H2,18,20,24)(H2,19,21,25). The third kappa shape index (κ3) is 4.43. The lowest BCUT2D eigenvalue weighted by atomic mass is 10.3. The van der Waals surface area contributed by atoms with Gasteiger partial charge in [-0.2, -0.15) is 0 Å². The first-order chi connectivity index (χ1) is 12.0. The van der Waals surface area contributed by atoms with Gasteiger partial charge in [0.05, 0.1) is 5.69 Å². The average Bonchev–Trinajstić information content (AvgIpc) is 3.03. The van der Waals surface area contributed by atoms with Gasteiger partial charge >= 0.3 is 0 Å². The average molecular weight is 382 g/mol. The smallest absolute Gasteiger partial charge is 0.231 e. The Hall–Kier alpha value is -2.72. The first-order valence-corrected chi connectivity index (χ1v) is 7.81. The maximum absolute atomic E-state index is 13.5. The third-order valence-corrected chi connectivity index (χ3v) is 3.51. The molecular weight excluding hydrogens is 370 g/mol. The summed E-state index contributed by atoms with van der Waals surface area (Å²) in [5, 5.41) is 5.78. The first kappa shape index (κ1) is 17.1. The summed E-state index contributed by atoms with van der Waals surface area (Å²) in [6.07, 6.45) is 0. The number of hydrogen-bond donors (Lipinski definition) is 4. The van der Waals surface area contributed by atoms with E-state index in [1.165, 1.54) is 6.07 Å². The second-order valence-corrected chi connectivity index (χ2v) is 5.67. The van der Waals surface area contributed by atoms with E-state index < -0.39 is 11.6 Å². The fourth-order valence-corrected chi connectivity index (χ4v) is 2.32. The molecule has 4 N–H and O–H groups in total. The van der Waals surface area contributed by atoms with Gasteiger partial charge in [0, 0.05) is 17.8 Å². The predicted octanol–water partition coefficient (Wildman–Crippen LogP) is 2.88. The molecule has 3 rings (SSSR count). The molecule has 1 aliphatic rings. The molecule has 0 unspecified atom stereocenters. The van der Waals surface area contributed by atoms with Crippen molar-refractivity contribution in [2.45, 2.75) is 0 Å². The van der Waals surface area contributed by atoms with Crippen LogP contribution in [0, 0.1) is 11.6 Å². The van der Waals surface area contributed by atoms with Gasteiger partial charge in [0.15, 0.2) is 21.7 Å². The van der Waals surface area contributed by atoms with Crippen LogP contribution in [-0.4, -0.2) is 17.0 Å². The first-order valence-electron chi connectivity index (χ1n) is 7.00. The lowest BCUT2D eigenvalue weighted by molar-refractivity contribution is 0.174. The van der Waals surface area contributed by atoms with E-state index in [9.17, 15) is 8.78 Å². The minimum atomic E-state index is -0.759. The van der Waals surface area contributed by atoms with Gasteiger partial charge in [-0.25, -0.2) is 8.78 Å². The minimum absolute atomic E-state index is 0.0374. The van der Waals surface area contributed by atoms with Crippen molar-refractivity contribution in [3.63, 3.8) is 0 Å². The summed E-state index contributed by atoms with van der Waals surface area (Å²) in [5.74, 6) is -0.154. The molecule has 0 radical (unpaired) electrons. The van der Waals surface area contributed by atoms with E-state index in [4.69, 9.17) is 33.9 Å². The van der Waals surface area contributed by atoms with Crippen LogP contribution in [0.25, 0.3) is 0 Å². The molecular formula is C15H12F2N4O2S2. The van der Waals surface area contributed by atoms with E-state index in [0.717, 1.165) is 12.1 Å². The van der Waals surface area contributed by atoms with E-state index in [0.29, 0.717) is 17.2 Å². The maximum Gasteiger partial charge on any atom is 0.231 e. The topological polar surface area (TPSA) is 66.6 Å². The molecule has 25 heavy (non-hydrogen) atoms. The van der Waals surface area contributed by atoms with Crippen molar-refractivity contribution < 1.29 is 18.3 Å². The molecule has 0 spiro atoms. The Labute approximate surface area is 152 Å². The summed E-state index contributed by atoms with van der Waals surface area (Å²) in [6.45, 7) is 0.183. The predicted molar refractivity (Wildman–Crippen MR) is 97.6 cm³/mol. The number of hydrazine groups is 1. The molecule has 2 aromatic carbocycles. The van der Waals surface area contributed by atoms with E-state index in [1.807, 2.05) is 0 Å². The number of rotatable bonds is 2. The zero-order valence-corrected chi connectivity index (χ0v) is 14.2. The molecule has 6 nitrogen and oxygen atoms in total. The normalized spacial score (nSPS) is 11.6. The van der Waals surface area contributed by atoms with Crippen molar-refractivity contribution in [2.24, 2.45) is 0 Å². The number of halogens is 2. The van der Waals surface area contributed by atoms with Crippen LogP contribution < -0.4 is 31.0 Å². The van der Waals surface area contributed by atoms with Gasteiger partial charge in [0.25, 0.3) is 0 Å². The highest BCUT2D eigenvalue weighted by Gasteiger charge is 2.13. The molecule has 0 aromatic heterocycles. The molecule has 1 aliphatic heterocycles. The second-order valence-electron chi connectivity index (χ2n) is 4.85. The lowest BCUT2D eigenvalue weighted by Crippen LogP contribution is -2.45. The van der Waals surface area contributed by atoms with E-state index in [1.54, 1.807) is 18.2 Å². The number of benzene rings is 2. The van der Waals surface area contributed by atoms with Gasteiger partial charge in [0.1, 0.15) is 11.6 Å². The fourth-order valence-electron chi connectivity index (χ4n) is 1.99. The molecule has 130 valence electrons. The van der Waals surface area contributed by atoms with Gasteiger partial charge in [-0.1, -0.05) is 0 Å². The third-order valence-electron chi connectivity index (χ3n) is 3.10. The van der Waals surface area contributed by atoms with Crippen LogP contribution in [0.5, 0.6) is 11.5 Å². The molecule has 0 saturated carbocycles. The minimum Gasteiger partial charge on any atom is -0.454 e. The Bertz CT molecular complexity index is 835. The Kier molecular flexibility index (Phi) is 5.10. The summed E-state index contributed by atoms with van der Waals surface area (Å²) in [7, 11) is 0. The number of nitrogens with one attached hydrogen (secondary N) is 4. The van der Waals surface area contributed by atoms with Gasteiger partial charge < -0.3 is 20.1 Å². The number of hydrogen-bond acceptors (Lipinski definition) is 4. The Morgan fingerprint density at radius 3 is 2.36 bits per heavy atom. The summed E-state index contributed by atoms with van der Waals surface area (Å²) >= 11 is 10.1. The molecule has 0 atom stereocenters.